The van der Waals surface area contributed by atoms with Gasteiger partial charge in [-0.15, -0.1) is 0 Å². The number of likely N-dealkylation sites (tertiary alicyclic amines) is 2. The molecule has 2 fully saturated rings. The van der Waals surface area contributed by atoms with Gasteiger partial charge in [0.15, 0.2) is 11.6 Å². The van der Waals surface area contributed by atoms with Crippen LogP contribution in [0.1, 0.15) is 50.9 Å². The first-order valence-corrected chi connectivity index (χ1v) is 17.2. The van der Waals surface area contributed by atoms with Crippen molar-refractivity contribution in [3.8, 4) is 0 Å². The first-order chi connectivity index (χ1) is 24.5. The van der Waals surface area contributed by atoms with Gasteiger partial charge in [-0.05, 0) is 74.3 Å². The summed E-state index contributed by atoms with van der Waals surface area (Å²) in [6, 6.07) is 31.5. The molecular formula is C45H42N2O4. The van der Waals surface area contributed by atoms with Crippen molar-refractivity contribution in [3.63, 3.8) is 0 Å². The van der Waals surface area contributed by atoms with E-state index in [1.165, 1.54) is 0 Å². The summed E-state index contributed by atoms with van der Waals surface area (Å²) in [5, 5.41) is 0. The number of nitrogens with zero attached hydrogens (tertiary/aromatic N) is 2. The molecule has 4 aromatic carbocycles. The lowest BCUT2D eigenvalue weighted by Crippen LogP contribution is -2.46. The van der Waals surface area contributed by atoms with Gasteiger partial charge < -0.3 is 9.80 Å². The molecule has 0 bridgehead atoms. The Morgan fingerprint density at radius 1 is 0.431 bits per heavy atom. The van der Waals surface area contributed by atoms with Crippen LogP contribution < -0.4 is 0 Å². The quantitative estimate of drug-likeness (QED) is 0.155. The Hall–Kier alpha value is -5.88. The molecule has 0 spiro atoms. The molecule has 51 heavy (non-hydrogen) atoms. The molecule has 256 valence electrons. The van der Waals surface area contributed by atoms with Gasteiger partial charge in [0.1, 0.15) is 6.42 Å². The molecule has 0 unspecified atom stereocenters. The van der Waals surface area contributed by atoms with E-state index in [1.807, 2.05) is 149 Å². The summed E-state index contributed by atoms with van der Waals surface area (Å²) in [5.41, 5.74) is 9.83. The normalized spacial score (nSPS) is 18.3. The largest absolute Gasteiger partial charge is 0.333 e. The molecule has 2 aliphatic rings. The van der Waals surface area contributed by atoms with Gasteiger partial charge in [-0.3, -0.25) is 19.2 Å². The summed E-state index contributed by atoms with van der Waals surface area (Å²) in [6.45, 7) is 8.40. The van der Waals surface area contributed by atoms with Crippen molar-refractivity contribution in [2.24, 2.45) is 0 Å². The number of ketones is 2. The number of carbonyl (C=O) groups is 4. The number of piperidine rings is 2. The maximum absolute atomic E-state index is 13.9. The summed E-state index contributed by atoms with van der Waals surface area (Å²) < 4.78 is 0. The third kappa shape index (κ3) is 8.84. The molecule has 2 amide bonds. The second-order valence-electron chi connectivity index (χ2n) is 13.7. The number of benzene rings is 4. The molecule has 0 radical (unpaired) electrons. The van der Waals surface area contributed by atoms with Crippen LogP contribution in [0, 0.1) is 27.7 Å². The Bertz CT molecular complexity index is 1810. The second-order valence-corrected chi connectivity index (χ2v) is 13.7. The van der Waals surface area contributed by atoms with E-state index < -0.39 is 0 Å². The lowest BCUT2D eigenvalue weighted by Gasteiger charge is -2.32. The van der Waals surface area contributed by atoms with Gasteiger partial charge in [0.2, 0.25) is 11.8 Å². The van der Waals surface area contributed by atoms with E-state index in [4.69, 9.17) is 0 Å². The number of hydrogen-bond donors (Lipinski definition) is 0. The third-order valence-corrected chi connectivity index (χ3v) is 9.29. The van der Waals surface area contributed by atoms with Gasteiger partial charge in [0, 0.05) is 48.5 Å². The van der Waals surface area contributed by atoms with Crippen molar-refractivity contribution in [2.75, 3.05) is 26.2 Å². The predicted octanol–water partition coefficient (Wildman–Crippen LogP) is 7.77. The van der Waals surface area contributed by atoms with Gasteiger partial charge in [-0.1, -0.05) is 119 Å². The van der Waals surface area contributed by atoms with Crippen LogP contribution in [0.15, 0.2) is 119 Å². The smallest absolute Gasteiger partial charge is 0.232 e. The molecule has 0 atom stereocenters. The number of carbonyl (C=O) groups excluding carboxylic acids is 4. The average Bonchev–Trinajstić information content (AvgIpc) is 3.11. The van der Waals surface area contributed by atoms with E-state index in [-0.39, 0.29) is 56.0 Å². The van der Waals surface area contributed by atoms with Crippen LogP contribution in [0.2, 0.25) is 0 Å². The lowest BCUT2D eigenvalue weighted by molar-refractivity contribution is -0.140. The number of amides is 2. The Labute approximate surface area is 300 Å². The van der Waals surface area contributed by atoms with Crippen molar-refractivity contribution in [1.82, 2.24) is 9.80 Å². The maximum Gasteiger partial charge on any atom is 0.232 e. The highest BCUT2D eigenvalue weighted by molar-refractivity contribution is 6.17. The highest BCUT2D eigenvalue weighted by Crippen LogP contribution is 2.26. The van der Waals surface area contributed by atoms with Gasteiger partial charge >= 0.3 is 0 Å². The SMILES string of the molecule is Cc1ccc(/C=C2\CN(C(=O)CC(=O)N3C/C(=C\c4ccc(C)cc4)C(=O)/C(=C/c4ccc(C)cc4)C3)C/C(=C\c3ccc(C)cc3)C2=O)cc1. The fraction of sp³-hybridized carbons (Fsp3) is 0.200. The van der Waals surface area contributed by atoms with Crippen LogP contribution in [-0.4, -0.2) is 59.4 Å². The number of hydrogen-bond acceptors (Lipinski definition) is 4. The van der Waals surface area contributed by atoms with E-state index in [9.17, 15) is 19.2 Å². The highest BCUT2D eigenvalue weighted by Gasteiger charge is 2.33. The molecule has 6 heteroatoms. The first-order valence-electron chi connectivity index (χ1n) is 17.2. The molecule has 2 saturated heterocycles. The molecule has 0 aliphatic carbocycles. The molecule has 0 saturated carbocycles. The minimum Gasteiger partial charge on any atom is -0.333 e. The Balaban J connectivity index is 1.27. The monoisotopic (exact) mass is 674 g/mol. The molecule has 4 aromatic rings. The van der Waals surface area contributed by atoms with E-state index in [1.54, 1.807) is 9.80 Å². The molecule has 6 rings (SSSR count). The van der Waals surface area contributed by atoms with Crippen molar-refractivity contribution in [1.29, 1.82) is 0 Å². The van der Waals surface area contributed by atoms with Crippen molar-refractivity contribution in [3.05, 3.63) is 164 Å². The van der Waals surface area contributed by atoms with E-state index in [0.717, 1.165) is 44.5 Å². The summed E-state index contributed by atoms with van der Waals surface area (Å²) in [4.78, 5) is 58.5. The summed E-state index contributed by atoms with van der Waals surface area (Å²) in [5.74, 6) is -0.972. The highest BCUT2D eigenvalue weighted by atomic mass is 16.2. The van der Waals surface area contributed by atoms with Crippen LogP contribution in [0.5, 0.6) is 0 Å². The number of Topliss-reactive ketones (excluding diaryl/α,β-unsaturated/α-hetero) is 2. The zero-order valence-electron chi connectivity index (χ0n) is 29.6. The lowest BCUT2D eigenvalue weighted by atomic mass is 9.93. The van der Waals surface area contributed by atoms with E-state index >= 15 is 0 Å². The first kappa shape index (κ1) is 35.0. The van der Waals surface area contributed by atoms with Crippen LogP contribution >= 0.6 is 0 Å². The minimum absolute atomic E-state index is 0.0969. The van der Waals surface area contributed by atoms with Crippen molar-refractivity contribution >= 4 is 47.7 Å². The Kier molecular flexibility index (Phi) is 10.5. The molecule has 0 aromatic heterocycles. The Morgan fingerprint density at radius 3 is 0.863 bits per heavy atom. The zero-order valence-corrected chi connectivity index (χ0v) is 29.6. The van der Waals surface area contributed by atoms with Crippen LogP contribution in [0.3, 0.4) is 0 Å². The summed E-state index contributed by atoms with van der Waals surface area (Å²) in [7, 11) is 0. The molecule has 2 aliphatic heterocycles. The number of rotatable bonds is 6. The standard InChI is InChI=1S/C45H42N2O4/c1-30-5-13-34(14-6-30)21-38-26-46(27-39(44(38)50)22-35-15-7-31(2)8-16-35)42(48)25-43(49)47-28-40(23-36-17-9-32(3)10-18-36)45(51)41(29-47)24-37-19-11-33(4)12-20-37/h5-24H,25-29H2,1-4H3/b38-21+,39-22+,40-23+,41-24+. The minimum atomic E-state index is -0.381. The van der Waals surface area contributed by atoms with Crippen molar-refractivity contribution in [2.45, 2.75) is 34.1 Å². The zero-order chi connectivity index (χ0) is 36.1. The third-order valence-electron chi connectivity index (χ3n) is 9.29. The van der Waals surface area contributed by atoms with E-state index in [2.05, 4.69) is 0 Å². The van der Waals surface area contributed by atoms with Crippen LogP contribution in [0.25, 0.3) is 24.3 Å². The van der Waals surface area contributed by atoms with Gasteiger partial charge in [-0.25, -0.2) is 0 Å². The Morgan fingerprint density at radius 2 is 0.647 bits per heavy atom. The van der Waals surface area contributed by atoms with Gasteiger partial charge in [0.05, 0.1) is 0 Å². The van der Waals surface area contributed by atoms with Gasteiger partial charge in [-0.2, -0.15) is 0 Å². The van der Waals surface area contributed by atoms with Crippen LogP contribution in [-0.2, 0) is 19.2 Å². The predicted molar refractivity (Wildman–Crippen MR) is 204 cm³/mol. The molecule has 2 heterocycles. The maximum atomic E-state index is 13.9. The molecule has 6 nitrogen and oxygen atoms in total. The summed E-state index contributed by atoms with van der Waals surface area (Å²) in [6.07, 6.45) is 6.92. The topological polar surface area (TPSA) is 74.8 Å². The van der Waals surface area contributed by atoms with Crippen LogP contribution in [0.4, 0.5) is 0 Å². The van der Waals surface area contributed by atoms with E-state index in [0.29, 0.717) is 22.3 Å². The summed E-state index contributed by atoms with van der Waals surface area (Å²) >= 11 is 0. The fourth-order valence-corrected chi connectivity index (χ4v) is 6.24. The second kappa shape index (κ2) is 15.3. The van der Waals surface area contributed by atoms with Crippen molar-refractivity contribution < 1.29 is 19.2 Å². The average molecular weight is 675 g/mol. The molecule has 0 N–H and O–H groups in total. The number of aryl methyl sites for hydroxylation is 4. The fourth-order valence-electron chi connectivity index (χ4n) is 6.24. The van der Waals surface area contributed by atoms with Gasteiger partial charge in [0.25, 0.3) is 0 Å². The molecular weight excluding hydrogens is 633 g/mol.